The number of unbranched alkanes of at least 4 members (excludes halogenated alkanes) is 11. The van der Waals surface area contributed by atoms with Gasteiger partial charge >= 0.3 is 16.1 Å². The van der Waals surface area contributed by atoms with Gasteiger partial charge in [0, 0.05) is 6.42 Å². The lowest BCUT2D eigenvalue weighted by Gasteiger charge is -2.07. The molecule has 0 bridgehead atoms. The Morgan fingerprint density at radius 2 is 1.35 bits per heavy atom. The molecule has 1 atom stereocenters. The quantitative estimate of drug-likeness (QED) is 0.210. The molecule has 0 aliphatic carbocycles. The fourth-order valence-corrected chi connectivity index (χ4v) is 3.08. The van der Waals surface area contributed by atoms with Crippen LogP contribution in [-0.4, -0.2) is 19.8 Å². The van der Waals surface area contributed by atoms with Crippen LogP contribution in [0.4, 0.5) is 0 Å². The topological polar surface area (TPSA) is 86.5 Å². The van der Waals surface area contributed by atoms with E-state index in [0.717, 1.165) is 32.1 Å². The van der Waals surface area contributed by atoms with E-state index < -0.39 is 21.5 Å². The first-order valence-electron chi connectivity index (χ1n) is 10.3. The van der Waals surface area contributed by atoms with Gasteiger partial charge in [0.15, 0.2) is 0 Å². The van der Waals surface area contributed by atoms with Crippen molar-refractivity contribution in [1.82, 2.24) is 0 Å². The van der Waals surface area contributed by atoms with Crippen LogP contribution in [0.15, 0.2) is 12.2 Å². The zero-order chi connectivity index (χ0) is 19.7. The molecule has 2 N–H and O–H groups in total. The summed E-state index contributed by atoms with van der Waals surface area (Å²) >= 11 is 0. The number of nitrogens with two attached hydrogens (primary N) is 1. The highest BCUT2D eigenvalue weighted by Crippen LogP contribution is 2.11. The molecular formula is C20H39NO4S. The average molecular weight is 390 g/mol. The van der Waals surface area contributed by atoms with E-state index in [1.165, 1.54) is 51.9 Å². The molecule has 0 heterocycles. The summed E-state index contributed by atoms with van der Waals surface area (Å²) in [6, 6.07) is 0. The molecule has 0 aromatic rings. The Balaban J connectivity index is 3.41. The molecule has 0 aliphatic heterocycles. The molecule has 26 heavy (non-hydrogen) atoms. The Hall–Kier alpha value is -0.880. The van der Waals surface area contributed by atoms with Gasteiger partial charge in [0.1, 0.15) is 5.37 Å². The van der Waals surface area contributed by atoms with E-state index in [0.29, 0.717) is 6.42 Å². The Morgan fingerprint density at radius 3 is 1.85 bits per heavy atom. The van der Waals surface area contributed by atoms with Crippen molar-refractivity contribution in [2.24, 2.45) is 5.73 Å². The highest BCUT2D eigenvalue weighted by Gasteiger charge is 2.21. The minimum Gasteiger partial charge on any atom is -0.345 e. The summed E-state index contributed by atoms with van der Waals surface area (Å²) in [5.74, 6) is -0.708. The molecule has 0 radical (unpaired) electrons. The normalized spacial score (nSPS) is 13.2. The maximum absolute atomic E-state index is 11.4. The van der Waals surface area contributed by atoms with Crippen LogP contribution in [0.25, 0.3) is 0 Å². The second kappa shape index (κ2) is 16.3. The molecule has 0 aromatic carbocycles. The van der Waals surface area contributed by atoms with Crippen molar-refractivity contribution in [3.63, 3.8) is 0 Å². The van der Waals surface area contributed by atoms with Crippen LogP contribution in [0.5, 0.6) is 0 Å². The lowest BCUT2D eigenvalue weighted by molar-refractivity contribution is -0.134. The van der Waals surface area contributed by atoms with Crippen LogP contribution in [0.3, 0.4) is 0 Å². The molecule has 6 heteroatoms. The van der Waals surface area contributed by atoms with Crippen LogP contribution < -0.4 is 5.73 Å². The predicted octanol–water partition coefficient (Wildman–Crippen LogP) is 5.20. The van der Waals surface area contributed by atoms with Gasteiger partial charge in [0.25, 0.3) is 0 Å². The van der Waals surface area contributed by atoms with Crippen molar-refractivity contribution in [3.8, 4) is 0 Å². The van der Waals surface area contributed by atoms with Crippen LogP contribution in [-0.2, 0) is 19.1 Å². The maximum Gasteiger partial charge on any atom is 0.327 e. The Kier molecular flexibility index (Phi) is 15.8. The van der Waals surface area contributed by atoms with Crippen molar-refractivity contribution < 1.29 is 17.4 Å². The minimum absolute atomic E-state index is 0.129. The summed E-state index contributed by atoms with van der Waals surface area (Å²) in [4.78, 5) is 11.4. The summed E-state index contributed by atoms with van der Waals surface area (Å²) < 4.78 is 27.1. The number of rotatable bonds is 17. The number of hydrogen-bond acceptors (Lipinski definition) is 5. The van der Waals surface area contributed by atoms with Crippen LogP contribution in [0.1, 0.15) is 104 Å². The van der Waals surface area contributed by atoms with Crippen LogP contribution >= 0.6 is 0 Å². The molecule has 0 saturated heterocycles. The van der Waals surface area contributed by atoms with Gasteiger partial charge in [-0.25, -0.2) is 0 Å². The standard InChI is InChI=1S/C20H39NO4S/c1-3-4-5-6-7-8-9-10-11-12-13-14-15-16-17-18-20(22)25-26(23,24)19(2)21/h10-11,19H,3-9,12-18,21H2,1-2H3/b11-10-. The van der Waals surface area contributed by atoms with Gasteiger partial charge in [0.2, 0.25) is 0 Å². The molecule has 154 valence electrons. The molecule has 0 saturated carbocycles. The van der Waals surface area contributed by atoms with Gasteiger partial charge in [-0.15, -0.1) is 0 Å². The van der Waals surface area contributed by atoms with E-state index in [1.54, 1.807) is 0 Å². The van der Waals surface area contributed by atoms with Crippen LogP contribution in [0, 0.1) is 0 Å². The third kappa shape index (κ3) is 15.4. The third-order valence-electron chi connectivity index (χ3n) is 4.31. The van der Waals surface area contributed by atoms with E-state index in [2.05, 4.69) is 23.3 Å². The summed E-state index contributed by atoms with van der Waals surface area (Å²) in [6.07, 6.45) is 20.0. The number of allylic oxidation sites excluding steroid dienone is 2. The summed E-state index contributed by atoms with van der Waals surface area (Å²) in [7, 11) is -3.95. The minimum atomic E-state index is -3.95. The molecule has 0 aliphatic rings. The van der Waals surface area contributed by atoms with Gasteiger partial charge in [0.05, 0.1) is 0 Å². The van der Waals surface area contributed by atoms with Gasteiger partial charge < -0.3 is 9.92 Å². The van der Waals surface area contributed by atoms with Gasteiger partial charge in [-0.1, -0.05) is 70.4 Å². The number of carbonyl (C=O) groups is 1. The third-order valence-corrected chi connectivity index (χ3v) is 5.64. The fourth-order valence-electron chi connectivity index (χ4n) is 2.59. The van der Waals surface area contributed by atoms with Crippen molar-refractivity contribution in [1.29, 1.82) is 0 Å². The molecular weight excluding hydrogens is 350 g/mol. The fraction of sp³-hybridized carbons (Fsp3) is 0.850. The number of hydrogen-bond donors (Lipinski definition) is 1. The summed E-state index contributed by atoms with van der Waals surface area (Å²) in [5, 5.41) is -1.18. The van der Waals surface area contributed by atoms with Crippen molar-refractivity contribution in [2.45, 2.75) is 109 Å². The van der Waals surface area contributed by atoms with E-state index in [9.17, 15) is 13.2 Å². The van der Waals surface area contributed by atoms with E-state index in [4.69, 9.17) is 5.73 Å². The zero-order valence-corrected chi connectivity index (χ0v) is 17.6. The first-order valence-corrected chi connectivity index (χ1v) is 11.7. The monoisotopic (exact) mass is 389 g/mol. The first-order chi connectivity index (χ1) is 12.4. The van der Waals surface area contributed by atoms with E-state index >= 15 is 0 Å². The maximum atomic E-state index is 11.4. The molecule has 0 rings (SSSR count). The van der Waals surface area contributed by atoms with Crippen molar-refractivity contribution in [2.75, 3.05) is 0 Å². The van der Waals surface area contributed by atoms with Crippen LogP contribution in [0.2, 0.25) is 0 Å². The van der Waals surface area contributed by atoms with Crippen molar-refractivity contribution >= 4 is 16.1 Å². The zero-order valence-electron chi connectivity index (χ0n) is 16.8. The second-order valence-electron chi connectivity index (χ2n) is 6.99. The molecule has 5 nitrogen and oxygen atoms in total. The molecule has 0 fully saturated rings. The smallest absolute Gasteiger partial charge is 0.327 e. The molecule has 1 unspecified atom stereocenters. The van der Waals surface area contributed by atoms with E-state index in [-0.39, 0.29) is 6.42 Å². The first kappa shape index (κ1) is 25.1. The average Bonchev–Trinajstić information content (AvgIpc) is 2.57. The number of carbonyl (C=O) groups excluding carboxylic acids is 1. The van der Waals surface area contributed by atoms with E-state index in [1.807, 2.05) is 0 Å². The summed E-state index contributed by atoms with van der Waals surface area (Å²) in [6.45, 7) is 3.53. The van der Waals surface area contributed by atoms with Crippen molar-refractivity contribution in [3.05, 3.63) is 12.2 Å². The lowest BCUT2D eigenvalue weighted by Crippen LogP contribution is -2.30. The molecule has 0 amide bonds. The Morgan fingerprint density at radius 1 is 0.885 bits per heavy atom. The SMILES string of the molecule is CCCCCCCC/C=C\CCCCCCCC(=O)OS(=O)(=O)C(C)N. The van der Waals surface area contributed by atoms with Gasteiger partial charge in [-0.2, -0.15) is 8.42 Å². The second-order valence-corrected chi connectivity index (χ2v) is 8.88. The highest BCUT2D eigenvalue weighted by atomic mass is 32.2. The van der Waals surface area contributed by atoms with Gasteiger partial charge in [-0.3, -0.25) is 4.79 Å². The Labute approximate surface area is 160 Å². The molecule has 0 aromatic heterocycles. The Bertz CT molecular complexity index is 472. The molecule has 0 spiro atoms. The summed E-state index contributed by atoms with van der Waals surface area (Å²) in [5.41, 5.74) is 5.23. The highest BCUT2D eigenvalue weighted by molar-refractivity contribution is 7.87. The predicted molar refractivity (Wildman–Crippen MR) is 108 cm³/mol. The largest absolute Gasteiger partial charge is 0.345 e. The lowest BCUT2D eigenvalue weighted by atomic mass is 10.1. The van der Waals surface area contributed by atoms with Gasteiger partial charge in [-0.05, 0) is 39.0 Å².